The van der Waals surface area contributed by atoms with Gasteiger partial charge in [-0.15, -0.1) is 0 Å². The number of nitrogens with zero attached hydrogens (tertiary/aromatic N) is 2. The number of methoxy groups -OCH3 is 1. The van der Waals surface area contributed by atoms with Crippen molar-refractivity contribution in [1.29, 1.82) is 0 Å². The minimum atomic E-state index is -1.08. The van der Waals surface area contributed by atoms with Gasteiger partial charge in [0.25, 0.3) is 5.56 Å². The van der Waals surface area contributed by atoms with Crippen LogP contribution in [0, 0.1) is 6.92 Å². The Morgan fingerprint density at radius 3 is 2.79 bits per heavy atom. The first-order chi connectivity index (χ1) is 11.5. The summed E-state index contributed by atoms with van der Waals surface area (Å²) in [5.41, 5.74) is 1.54. The van der Waals surface area contributed by atoms with E-state index in [9.17, 15) is 9.59 Å². The summed E-state index contributed by atoms with van der Waals surface area (Å²) in [6.07, 6.45) is 4.85. The number of aromatic nitrogens is 2. The fourth-order valence-electron chi connectivity index (χ4n) is 2.28. The number of rotatable bonds is 4. The van der Waals surface area contributed by atoms with E-state index in [4.69, 9.17) is 9.84 Å². The molecule has 0 fully saturated rings. The van der Waals surface area contributed by atoms with Crippen LogP contribution in [0.2, 0.25) is 0 Å². The average Bonchev–Trinajstić information content (AvgIpc) is 3.01. The van der Waals surface area contributed by atoms with Crippen molar-refractivity contribution in [1.82, 2.24) is 9.38 Å². The summed E-state index contributed by atoms with van der Waals surface area (Å²) in [5.74, 6) is -0.359. The van der Waals surface area contributed by atoms with Crippen molar-refractivity contribution in [3.63, 3.8) is 0 Å². The van der Waals surface area contributed by atoms with Crippen LogP contribution in [0.15, 0.2) is 35.3 Å². The molecule has 0 bridgehead atoms. The van der Waals surface area contributed by atoms with Crippen LogP contribution in [0.4, 0.5) is 0 Å². The highest BCUT2D eigenvalue weighted by Crippen LogP contribution is 2.21. The molecule has 0 aliphatic carbocycles. The third-order valence-corrected chi connectivity index (χ3v) is 4.53. The minimum Gasteiger partial charge on any atom is -0.496 e. The maximum absolute atomic E-state index is 12.4. The zero-order chi connectivity index (χ0) is 17.3. The van der Waals surface area contributed by atoms with Crippen LogP contribution >= 0.6 is 11.3 Å². The van der Waals surface area contributed by atoms with Gasteiger partial charge in [0.05, 0.1) is 12.8 Å². The van der Waals surface area contributed by atoms with E-state index in [0.29, 0.717) is 22.0 Å². The van der Waals surface area contributed by atoms with E-state index in [1.807, 2.05) is 30.3 Å². The maximum atomic E-state index is 12.4. The third kappa shape index (κ3) is 2.81. The third-order valence-electron chi connectivity index (χ3n) is 3.56. The molecule has 0 spiro atoms. The van der Waals surface area contributed by atoms with Crippen LogP contribution in [0.25, 0.3) is 17.1 Å². The van der Waals surface area contributed by atoms with Gasteiger partial charge in [-0.25, -0.2) is 9.78 Å². The highest BCUT2D eigenvalue weighted by atomic mass is 32.1. The molecule has 1 aromatic carbocycles. The second kappa shape index (κ2) is 6.29. The monoisotopic (exact) mass is 342 g/mol. The molecule has 24 heavy (non-hydrogen) atoms. The van der Waals surface area contributed by atoms with Gasteiger partial charge in [-0.2, -0.15) is 0 Å². The molecular weight excluding hydrogens is 328 g/mol. The zero-order valence-corrected chi connectivity index (χ0v) is 13.8. The molecule has 0 saturated carbocycles. The summed E-state index contributed by atoms with van der Waals surface area (Å²) in [6, 6.07) is 7.50. The summed E-state index contributed by atoms with van der Waals surface area (Å²) < 4.78 is 6.55. The molecule has 3 aromatic rings. The first-order valence-corrected chi connectivity index (χ1v) is 7.90. The summed E-state index contributed by atoms with van der Waals surface area (Å²) in [6.45, 7) is 1.67. The fraction of sp³-hybridized carbons (Fsp3) is 0.118. The first kappa shape index (κ1) is 15.9. The van der Waals surface area contributed by atoms with Crippen molar-refractivity contribution < 1.29 is 14.6 Å². The van der Waals surface area contributed by atoms with E-state index in [1.165, 1.54) is 10.6 Å². The topological polar surface area (TPSA) is 80.9 Å². The van der Waals surface area contributed by atoms with Gasteiger partial charge in [0.1, 0.15) is 10.6 Å². The van der Waals surface area contributed by atoms with Gasteiger partial charge in [-0.3, -0.25) is 9.20 Å². The largest absolute Gasteiger partial charge is 0.496 e. The number of hydrogen-bond donors (Lipinski definition) is 1. The molecule has 3 rings (SSSR count). The van der Waals surface area contributed by atoms with Crippen LogP contribution in [0.5, 0.6) is 5.75 Å². The smallest absolute Gasteiger partial charge is 0.347 e. The zero-order valence-electron chi connectivity index (χ0n) is 13.0. The lowest BCUT2D eigenvalue weighted by Gasteiger charge is -2.04. The lowest BCUT2D eigenvalue weighted by molar-refractivity contribution is 0.0701. The van der Waals surface area contributed by atoms with Crippen LogP contribution in [-0.4, -0.2) is 27.6 Å². The van der Waals surface area contributed by atoms with E-state index in [0.717, 1.165) is 16.9 Å². The minimum absolute atomic E-state index is 0.0739. The SMILES string of the molecule is COc1ccccc1C=Cc1nc2sc(C(=O)O)cn2c(=O)c1C. The van der Waals surface area contributed by atoms with Crippen LogP contribution in [0.3, 0.4) is 0 Å². The molecule has 1 N–H and O–H groups in total. The molecule has 0 amide bonds. The molecule has 0 saturated heterocycles. The van der Waals surface area contributed by atoms with Crippen molar-refractivity contribution >= 4 is 34.4 Å². The lowest BCUT2D eigenvalue weighted by Crippen LogP contribution is -2.17. The number of thiazole rings is 1. The number of carbonyl (C=O) groups is 1. The van der Waals surface area contributed by atoms with Crippen molar-refractivity contribution in [2.24, 2.45) is 0 Å². The molecule has 7 heteroatoms. The molecule has 2 heterocycles. The molecule has 2 aromatic heterocycles. The molecule has 0 aliphatic rings. The molecular formula is C17H14N2O4S. The summed E-state index contributed by atoms with van der Waals surface area (Å²) >= 11 is 0.965. The number of aromatic carboxylic acids is 1. The Hall–Kier alpha value is -2.93. The van der Waals surface area contributed by atoms with Gasteiger partial charge in [-0.1, -0.05) is 29.5 Å². The van der Waals surface area contributed by atoms with Gasteiger partial charge in [0, 0.05) is 17.3 Å². The highest BCUT2D eigenvalue weighted by Gasteiger charge is 2.13. The van der Waals surface area contributed by atoms with Gasteiger partial charge in [0.15, 0.2) is 4.96 Å². The molecule has 0 aliphatic heterocycles. The van der Waals surface area contributed by atoms with E-state index in [-0.39, 0.29) is 10.4 Å². The van der Waals surface area contributed by atoms with E-state index < -0.39 is 5.97 Å². The number of carboxylic acid groups (broad SMARTS) is 1. The van der Waals surface area contributed by atoms with Crippen LogP contribution < -0.4 is 10.3 Å². The standard InChI is InChI=1S/C17H14N2O4S/c1-10-12(8-7-11-5-3-4-6-13(11)23-2)18-17-19(15(10)20)9-14(24-17)16(21)22/h3-9H,1-2H3,(H,21,22). The normalized spacial score (nSPS) is 11.2. The number of carboxylic acids is 1. The predicted molar refractivity (Wildman–Crippen MR) is 93.0 cm³/mol. The van der Waals surface area contributed by atoms with E-state index in [2.05, 4.69) is 4.98 Å². The Labute approximate surface area is 141 Å². The van der Waals surface area contributed by atoms with Crippen molar-refractivity contribution in [2.75, 3.05) is 7.11 Å². The second-order valence-corrected chi connectivity index (χ2v) is 6.06. The van der Waals surface area contributed by atoms with Gasteiger partial charge in [0.2, 0.25) is 0 Å². The average molecular weight is 342 g/mol. The number of fused-ring (bicyclic) bond motifs is 1. The Kier molecular flexibility index (Phi) is 4.18. The van der Waals surface area contributed by atoms with Gasteiger partial charge in [-0.05, 0) is 25.1 Å². The van der Waals surface area contributed by atoms with E-state index >= 15 is 0 Å². The number of ether oxygens (including phenoxy) is 1. The molecule has 6 nitrogen and oxygen atoms in total. The molecule has 0 atom stereocenters. The Bertz CT molecular complexity index is 1020. The van der Waals surface area contributed by atoms with Gasteiger partial charge < -0.3 is 9.84 Å². The Morgan fingerprint density at radius 2 is 2.08 bits per heavy atom. The van der Waals surface area contributed by atoms with Crippen molar-refractivity contribution in [2.45, 2.75) is 6.92 Å². The molecule has 122 valence electrons. The Balaban J connectivity index is 2.09. The van der Waals surface area contributed by atoms with E-state index in [1.54, 1.807) is 20.1 Å². The molecule has 0 radical (unpaired) electrons. The number of hydrogen-bond acceptors (Lipinski definition) is 5. The summed E-state index contributed by atoms with van der Waals surface area (Å²) in [5, 5.41) is 9.06. The predicted octanol–water partition coefficient (Wildman–Crippen LogP) is 2.94. The molecule has 0 unspecified atom stereocenters. The quantitative estimate of drug-likeness (QED) is 0.788. The van der Waals surface area contributed by atoms with Crippen LogP contribution in [-0.2, 0) is 0 Å². The number of para-hydroxylation sites is 1. The summed E-state index contributed by atoms with van der Waals surface area (Å²) in [4.78, 5) is 28.3. The fourth-order valence-corrected chi connectivity index (χ4v) is 3.10. The maximum Gasteiger partial charge on any atom is 0.347 e. The van der Waals surface area contributed by atoms with Crippen molar-refractivity contribution in [3.8, 4) is 5.75 Å². The number of benzene rings is 1. The lowest BCUT2D eigenvalue weighted by atomic mass is 10.1. The first-order valence-electron chi connectivity index (χ1n) is 7.08. The van der Waals surface area contributed by atoms with Gasteiger partial charge >= 0.3 is 5.97 Å². The second-order valence-electron chi connectivity index (χ2n) is 5.06. The van der Waals surface area contributed by atoms with Crippen LogP contribution in [0.1, 0.15) is 26.5 Å². The Morgan fingerprint density at radius 1 is 1.33 bits per heavy atom. The highest BCUT2D eigenvalue weighted by molar-refractivity contribution is 7.18. The summed E-state index contributed by atoms with van der Waals surface area (Å²) in [7, 11) is 1.59. The van der Waals surface area contributed by atoms with Crippen molar-refractivity contribution in [3.05, 3.63) is 62.5 Å².